The molecule has 0 amide bonds. The summed E-state index contributed by atoms with van der Waals surface area (Å²) in [5.41, 5.74) is 1.07. The van der Waals surface area contributed by atoms with E-state index in [1.54, 1.807) is 19.2 Å². The first-order valence-electron chi connectivity index (χ1n) is 7.54. The molecule has 1 fully saturated rings. The van der Waals surface area contributed by atoms with Crippen molar-refractivity contribution in [2.45, 2.75) is 19.1 Å². The van der Waals surface area contributed by atoms with Gasteiger partial charge < -0.3 is 19.2 Å². The standard InChI is InChI=1S/C16H17N3O4/c1-22-10-2-3-12-11(6-10)14-15(23-12)16(21)18-13(17-14)8-19-5-4-9(20)7-19/h2-3,6,9,20H,4-5,7-8H2,1H3,(H,17,18,21)/t9-/m0/s1. The summed E-state index contributed by atoms with van der Waals surface area (Å²) in [6, 6.07) is 5.37. The smallest absolute Gasteiger partial charge is 0.294 e. The number of aromatic amines is 1. The van der Waals surface area contributed by atoms with Crippen LogP contribution in [0.3, 0.4) is 0 Å². The molecule has 1 aliphatic rings. The monoisotopic (exact) mass is 315 g/mol. The molecule has 1 saturated heterocycles. The van der Waals surface area contributed by atoms with Gasteiger partial charge in [-0.25, -0.2) is 4.98 Å². The molecule has 1 atom stereocenters. The number of β-amino-alcohol motifs (C(OH)–C–C–N with tert-alkyl or cyclic N) is 1. The van der Waals surface area contributed by atoms with E-state index in [-0.39, 0.29) is 17.2 Å². The Hall–Kier alpha value is -2.38. The predicted octanol–water partition coefficient (Wildman–Crippen LogP) is 1.24. The molecule has 3 aromatic rings. The van der Waals surface area contributed by atoms with Gasteiger partial charge in [0.25, 0.3) is 5.56 Å². The number of likely N-dealkylation sites (tertiary alicyclic amines) is 1. The van der Waals surface area contributed by atoms with E-state index < -0.39 is 0 Å². The van der Waals surface area contributed by atoms with Crippen LogP contribution in [0.2, 0.25) is 0 Å². The highest BCUT2D eigenvalue weighted by molar-refractivity contribution is 6.02. The third-order valence-corrected chi connectivity index (χ3v) is 4.20. The topological polar surface area (TPSA) is 91.6 Å². The van der Waals surface area contributed by atoms with Crippen molar-refractivity contribution in [3.05, 3.63) is 34.4 Å². The Bertz CT molecular complexity index is 930. The molecule has 7 nitrogen and oxygen atoms in total. The minimum atomic E-state index is -0.301. The van der Waals surface area contributed by atoms with Crippen LogP contribution in [0.1, 0.15) is 12.2 Å². The van der Waals surface area contributed by atoms with Gasteiger partial charge in [0.1, 0.15) is 22.7 Å². The molecule has 23 heavy (non-hydrogen) atoms. The number of rotatable bonds is 3. The van der Waals surface area contributed by atoms with Gasteiger partial charge in [0.2, 0.25) is 5.58 Å². The third kappa shape index (κ3) is 2.47. The molecule has 0 unspecified atom stereocenters. The number of nitrogens with zero attached hydrogens (tertiary/aromatic N) is 2. The third-order valence-electron chi connectivity index (χ3n) is 4.20. The average molecular weight is 315 g/mol. The number of fused-ring (bicyclic) bond motifs is 3. The maximum Gasteiger partial charge on any atom is 0.294 e. The zero-order valence-corrected chi connectivity index (χ0v) is 12.7. The van der Waals surface area contributed by atoms with Crippen molar-refractivity contribution in [3.63, 3.8) is 0 Å². The maximum absolute atomic E-state index is 12.3. The Morgan fingerprint density at radius 3 is 3.13 bits per heavy atom. The summed E-state index contributed by atoms with van der Waals surface area (Å²) >= 11 is 0. The number of nitrogens with one attached hydrogen (secondary N) is 1. The number of benzene rings is 1. The molecule has 0 saturated carbocycles. The molecule has 2 aromatic heterocycles. The van der Waals surface area contributed by atoms with Crippen LogP contribution in [-0.4, -0.2) is 46.3 Å². The minimum absolute atomic E-state index is 0.221. The molecule has 0 spiro atoms. The lowest BCUT2D eigenvalue weighted by molar-refractivity contribution is 0.174. The molecular weight excluding hydrogens is 298 g/mol. The lowest BCUT2D eigenvalue weighted by atomic mass is 10.2. The largest absolute Gasteiger partial charge is 0.497 e. The van der Waals surface area contributed by atoms with Crippen LogP contribution in [0.25, 0.3) is 22.1 Å². The Kier molecular flexibility index (Phi) is 3.32. The summed E-state index contributed by atoms with van der Waals surface area (Å²) in [6.07, 6.45) is 0.447. The SMILES string of the molecule is COc1ccc2oc3c(=O)[nH]c(CN4CC[C@H](O)C4)nc3c2c1. The normalized spacial score (nSPS) is 19.0. The highest BCUT2D eigenvalue weighted by Gasteiger charge is 2.22. The first kappa shape index (κ1) is 14.2. The van der Waals surface area contributed by atoms with E-state index in [2.05, 4.69) is 14.9 Å². The average Bonchev–Trinajstić information content (AvgIpc) is 3.11. The van der Waals surface area contributed by atoms with E-state index in [1.165, 1.54) is 0 Å². The number of hydrogen-bond donors (Lipinski definition) is 2. The molecule has 0 radical (unpaired) electrons. The second kappa shape index (κ2) is 5.36. The number of furan rings is 1. The number of H-pyrrole nitrogens is 1. The molecule has 1 aliphatic heterocycles. The van der Waals surface area contributed by atoms with Crippen LogP contribution in [0.15, 0.2) is 27.4 Å². The van der Waals surface area contributed by atoms with Gasteiger partial charge in [-0.1, -0.05) is 0 Å². The van der Waals surface area contributed by atoms with Crippen molar-refractivity contribution in [3.8, 4) is 5.75 Å². The van der Waals surface area contributed by atoms with Gasteiger partial charge in [-0.15, -0.1) is 0 Å². The minimum Gasteiger partial charge on any atom is -0.497 e. The number of hydrogen-bond acceptors (Lipinski definition) is 6. The van der Waals surface area contributed by atoms with Gasteiger partial charge >= 0.3 is 0 Å². The molecule has 0 bridgehead atoms. The quantitative estimate of drug-likeness (QED) is 0.756. The van der Waals surface area contributed by atoms with Crippen molar-refractivity contribution >= 4 is 22.1 Å². The fourth-order valence-corrected chi connectivity index (χ4v) is 3.05. The predicted molar refractivity (Wildman–Crippen MR) is 84.6 cm³/mol. The first-order valence-corrected chi connectivity index (χ1v) is 7.54. The Labute approximate surface area is 131 Å². The van der Waals surface area contributed by atoms with Gasteiger partial charge in [-0.2, -0.15) is 0 Å². The molecule has 7 heteroatoms. The first-order chi connectivity index (χ1) is 11.1. The molecule has 0 aliphatic carbocycles. The van der Waals surface area contributed by atoms with Crippen molar-refractivity contribution in [1.29, 1.82) is 0 Å². The van der Waals surface area contributed by atoms with E-state index in [0.717, 1.165) is 18.4 Å². The van der Waals surface area contributed by atoms with Crippen LogP contribution in [0.4, 0.5) is 0 Å². The Morgan fingerprint density at radius 1 is 1.52 bits per heavy atom. The van der Waals surface area contributed by atoms with E-state index in [9.17, 15) is 9.90 Å². The zero-order valence-electron chi connectivity index (χ0n) is 12.7. The molecule has 1 aromatic carbocycles. The van der Waals surface area contributed by atoms with Crippen LogP contribution in [0.5, 0.6) is 5.75 Å². The highest BCUT2D eigenvalue weighted by atomic mass is 16.5. The molecule has 120 valence electrons. The lowest BCUT2D eigenvalue weighted by Gasteiger charge is -2.13. The summed E-state index contributed by atoms with van der Waals surface area (Å²) < 4.78 is 10.8. The van der Waals surface area contributed by atoms with E-state index in [1.807, 2.05) is 6.07 Å². The fourth-order valence-electron chi connectivity index (χ4n) is 3.05. The number of methoxy groups -OCH3 is 1. The van der Waals surface area contributed by atoms with E-state index in [4.69, 9.17) is 9.15 Å². The van der Waals surface area contributed by atoms with Crippen molar-refractivity contribution < 1.29 is 14.3 Å². The summed E-state index contributed by atoms with van der Waals surface area (Å²) in [5.74, 6) is 1.26. The summed E-state index contributed by atoms with van der Waals surface area (Å²) in [6.45, 7) is 1.89. The van der Waals surface area contributed by atoms with Crippen molar-refractivity contribution in [2.75, 3.05) is 20.2 Å². The molecule has 4 rings (SSSR count). The Balaban J connectivity index is 1.81. The second-order valence-corrected chi connectivity index (χ2v) is 5.83. The number of aliphatic hydroxyl groups is 1. The lowest BCUT2D eigenvalue weighted by Crippen LogP contribution is -2.24. The van der Waals surface area contributed by atoms with Gasteiger partial charge in [-0.3, -0.25) is 9.69 Å². The van der Waals surface area contributed by atoms with Crippen molar-refractivity contribution in [2.24, 2.45) is 0 Å². The molecular formula is C16H17N3O4. The fraction of sp³-hybridized carbons (Fsp3) is 0.375. The summed E-state index contributed by atoms with van der Waals surface area (Å²) in [4.78, 5) is 21.7. The van der Waals surface area contributed by atoms with E-state index >= 15 is 0 Å². The van der Waals surface area contributed by atoms with Gasteiger partial charge in [0.15, 0.2) is 0 Å². The van der Waals surface area contributed by atoms with Crippen LogP contribution >= 0.6 is 0 Å². The number of ether oxygens (including phenoxy) is 1. The van der Waals surface area contributed by atoms with E-state index in [0.29, 0.717) is 35.8 Å². The van der Waals surface area contributed by atoms with Crippen LogP contribution in [-0.2, 0) is 6.54 Å². The summed E-state index contributed by atoms with van der Waals surface area (Å²) in [5, 5.41) is 10.4. The molecule has 2 N–H and O–H groups in total. The van der Waals surface area contributed by atoms with Crippen LogP contribution < -0.4 is 10.3 Å². The van der Waals surface area contributed by atoms with Crippen LogP contribution in [0, 0.1) is 0 Å². The zero-order chi connectivity index (χ0) is 16.0. The number of aromatic nitrogens is 2. The maximum atomic E-state index is 12.3. The summed E-state index contributed by atoms with van der Waals surface area (Å²) in [7, 11) is 1.59. The number of aliphatic hydroxyl groups excluding tert-OH is 1. The Morgan fingerprint density at radius 2 is 2.39 bits per heavy atom. The van der Waals surface area contributed by atoms with Gasteiger partial charge in [-0.05, 0) is 24.6 Å². The van der Waals surface area contributed by atoms with Crippen molar-refractivity contribution in [1.82, 2.24) is 14.9 Å². The van der Waals surface area contributed by atoms with Gasteiger partial charge in [0, 0.05) is 13.1 Å². The molecule has 3 heterocycles. The second-order valence-electron chi connectivity index (χ2n) is 5.83. The van der Waals surface area contributed by atoms with Gasteiger partial charge in [0.05, 0.1) is 25.1 Å². The highest BCUT2D eigenvalue weighted by Crippen LogP contribution is 2.28.